The maximum absolute atomic E-state index is 13.5. The van der Waals surface area contributed by atoms with Crippen LogP contribution in [0.3, 0.4) is 0 Å². The molecule has 1 aliphatic heterocycles. The number of nitrogens with zero attached hydrogens (tertiary/aromatic N) is 2. The van der Waals surface area contributed by atoms with Gasteiger partial charge >= 0.3 is 0 Å². The summed E-state index contributed by atoms with van der Waals surface area (Å²) < 4.78 is 13.5. The summed E-state index contributed by atoms with van der Waals surface area (Å²) in [5.74, 6) is -0.771. The van der Waals surface area contributed by atoms with Crippen molar-refractivity contribution in [3.8, 4) is 0 Å². The van der Waals surface area contributed by atoms with Crippen molar-refractivity contribution in [2.45, 2.75) is 18.9 Å². The molecule has 2 aromatic rings. The van der Waals surface area contributed by atoms with Crippen molar-refractivity contribution >= 4 is 11.6 Å². The van der Waals surface area contributed by atoms with Crippen LogP contribution in [0.5, 0.6) is 0 Å². The van der Waals surface area contributed by atoms with Gasteiger partial charge in [0, 0.05) is 18.9 Å². The van der Waals surface area contributed by atoms with Crippen molar-refractivity contribution in [1.82, 2.24) is 9.88 Å². The minimum Gasteiger partial charge on any atom is -0.396 e. The molecule has 0 spiro atoms. The average Bonchev–Trinajstić information content (AvgIpc) is 3.00. The number of hydrogen-bond donors (Lipinski definition) is 1. The summed E-state index contributed by atoms with van der Waals surface area (Å²) in [4.78, 5) is 18.4. The lowest BCUT2D eigenvalue weighted by molar-refractivity contribution is 0.0736. The van der Waals surface area contributed by atoms with Crippen LogP contribution in [0.4, 0.5) is 10.1 Å². The van der Waals surface area contributed by atoms with Crippen LogP contribution in [0.15, 0.2) is 42.7 Å². The van der Waals surface area contributed by atoms with Crippen LogP contribution >= 0.6 is 0 Å². The maximum Gasteiger partial charge on any atom is 0.256 e. The van der Waals surface area contributed by atoms with Gasteiger partial charge in [0.1, 0.15) is 5.82 Å². The molecule has 0 radical (unpaired) electrons. The third kappa shape index (κ3) is 2.46. The first-order valence-corrected chi connectivity index (χ1v) is 6.93. The fourth-order valence-corrected chi connectivity index (χ4v) is 2.82. The number of para-hydroxylation sites is 1. The van der Waals surface area contributed by atoms with Crippen LogP contribution in [-0.4, -0.2) is 22.3 Å². The monoisotopic (exact) mass is 285 g/mol. The quantitative estimate of drug-likeness (QED) is 0.863. The highest BCUT2D eigenvalue weighted by molar-refractivity contribution is 5.99. The van der Waals surface area contributed by atoms with Crippen LogP contribution in [0.2, 0.25) is 0 Å². The number of benzene rings is 1. The van der Waals surface area contributed by atoms with Crippen LogP contribution in [0.1, 0.15) is 34.8 Å². The van der Waals surface area contributed by atoms with E-state index in [2.05, 4.69) is 4.98 Å². The highest BCUT2D eigenvalue weighted by Crippen LogP contribution is 2.33. The summed E-state index contributed by atoms with van der Waals surface area (Å²) in [7, 11) is 0. The molecule has 0 saturated carbocycles. The van der Waals surface area contributed by atoms with E-state index in [9.17, 15) is 9.18 Å². The predicted molar refractivity (Wildman–Crippen MR) is 78.1 cm³/mol. The number of nitrogen functional groups attached to an aromatic ring is 1. The van der Waals surface area contributed by atoms with E-state index >= 15 is 0 Å². The molecule has 5 heteroatoms. The Morgan fingerprint density at radius 3 is 2.81 bits per heavy atom. The second-order valence-corrected chi connectivity index (χ2v) is 5.14. The first kappa shape index (κ1) is 13.5. The molecule has 0 aliphatic carbocycles. The van der Waals surface area contributed by atoms with E-state index < -0.39 is 5.82 Å². The van der Waals surface area contributed by atoms with E-state index in [0.29, 0.717) is 6.54 Å². The summed E-state index contributed by atoms with van der Waals surface area (Å²) >= 11 is 0. The molecule has 108 valence electrons. The number of aromatic nitrogens is 1. The number of rotatable bonds is 2. The van der Waals surface area contributed by atoms with E-state index in [-0.39, 0.29) is 23.2 Å². The van der Waals surface area contributed by atoms with E-state index in [0.717, 1.165) is 18.4 Å². The summed E-state index contributed by atoms with van der Waals surface area (Å²) in [6.07, 6.45) is 5.25. The highest BCUT2D eigenvalue weighted by Gasteiger charge is 2.31. The number of halogens is 1. The molecule has 1 amide bonds. The molecule has 0 bridgehead atoms. The molecule has 1 aromatic heterocycles. The predicted octanol–water partition coefficient (Wildman–Crippen LogP) is 2.78. The molecule has 1 aromatic carbocycles. The Labute approximate surface area is 122 Å². The molecule has 21 heavy (non-hydrogen) atoms. The highest BCUT2D eigenvalue weighted by atomic mass is 19.1. The largest absolute Gasteiger partial charge is 0.396 e. The van der Waals surface area contributed by atoms with Crippen LogP contribution < -0.4 is 5.73 Å². The number of hydrogen-bond acceptors (Lipinski definition) is 3. The van der Waals surface area contributed by atoms with Crippen LogP contribution in [-0.2, 0) is 0 Å². The number of carbonyl (C=O) groups excluding carboxylic acids is 1. The lowest BCUT2D eigenvalue weighted by Gasteiger charge is -2.25. The first-order chi connectivity index (χ1) is 10.2. The van der Waals surface area contributed by atoms with Gasteiger partial charge in [0.25, 0.3) is 5.91 Å². The van der Waals surface area contributed by atoms with E-state index in [1.54, 1.807) is 23.4 Å². The smallest absolute Gasteiger partial charge is 0.256 e. The Hall–Kier alpha value is -2.43. The molecule has 4 nitrogen and oxygen atoms in total. The molecule has 1 aliphatic rings. The minimum atomic E-state index is -0.555. The number of anilines is 1. The van der Waals surface area contributed by atoms with E-state index in [1.807, 2.05) is 12.1 Å². The van der Waals surface area contributed by atoms with Gasteiger partial charge in [-0.2, -0.15) is 0 Å². The Morgan fingerprint density at radius 2 is 2.05 bits per heavy atom. The molecule has 1 saturated heterocycles. The Balaban J connectivity index is 1.92. The van der Waals surface area contributed by atoms with Crippen LogP contribution in [0.25, 0.3) is 0 Å². The number of pyridine rings is 1. The Kier molecular flexibility index (Phi) is 3.56. The summed E-state index contributed by atoms with van der Waals surface area (Å²) in [5, 5.41) is 0. The van der Waals surface area contributed by atoms with Gasteiger partial charge in [0.15, 0.2) is 0 Å². The Morgan fingerprint density at radius 1 is 1.29 bits per heavy atom. The fourth-order valence-electron chi connectivity index (χ4n) is 2.82. The average molecular weight is 285 g/mol. The van der Waals surface area contributed by atoms with Gasteiger partial charge in [-0.25, -0.2) is 4.39 Å². The third-order valence-electron chi connectivity index (χ3n) is 3.89. The summed E-state index contributed by atoms with van der Waals surface area (Å²) in [6.45, 7) is 0.655. The van der Waals surface area contributed by atoms with Crippen molar-refractivity contribution < 1.29 is 9.18 Å². The van der Waals surface area contributed by atoms with Gasteiger partial charge in [0.2, 0.25) is 0 Å². The first-order valence-electron chi connectivity index (χ1n) is 6.93. The van der Waals surface area contributed by atoms with Crippen molar-refractivity contribution in [1.29, 1.82) is 0 Å². The lowest BCUT2D eigenvalue weighted by Crippen LogP contribution is -2.31. The molecular weight excluding hydrogens is 269 g/mol. The summed E-state index contributed by atoms with van der Waals surface area (Å²) in [6, 6.07) is 8.16. The van der Waals surface area contributed by atoms with Gasteiger partial charge in [-0.3, -0.25) is 9.78 Å². The summed E-state index contributed by atoms with van der Waals surface area (Å²) in [5.41, 5.74) is 6.90. The van der Waals surface area contributed by atoms with Gasteiger partial charge in [0.05, 0.1) is 17.3 Å². The van der Waals surface area contributed by atoms with E-state index in [1.165, 1.54) is 12.1 Å². The zero-order valence-corrected chi connectivity index (χ0v) is 11.5. The minimum absolute atomic E-state index is 0.00293. The van der Waals surface area contributed by atoms with Gasteiger partial charge in [-0.15, -0.1) is 0 Å². The number of carbonyl (C=O) groups is 1. The van der Waals surface area contributed by atoms with Gasteiger partial charge in [-0.05, 0) is 42.7 Å². The lowest BCUT2D eigenvalue weighted by atomic mass is 10.0. The number of likely N-dealkylation sites (tertiary alicyclic amines) is 1. The SMILES string of the molecule is Nc1c(F)cccc1C(=O)N1CCCC1c1ccncc1. The molecule has 3 rings (SSSR count). The maximum atomic E-state index is 13.5. The topological polar surface area (TPSA) is 59.2 Å². The molecule has 1 atom stereocenters. The molecular formula is C16H16FN3O. The van der Waals surface area contributed by atoms with Crippen molar-refractivity contribution in [3.63, 3.8) is 0 Å². The van der Waals surface area contributed by atoms with Crippen LogP contribution in [0, 0.1) is 5.82 Å². The molecule has 1 fully saturated rings. The fraction of sp³-hybridized carbons (Fsp3) is 0.250. The standard InChI is InChI=1S/C16H16FN3O/c17-13-4-1-3-12(15(13)18)16(21)20-10-2-5-14(20)11-6-8-19-9-7-11/h1,3-4,6-9,14H,2,5,10,18H2. The second kappa shape index (κ2) is 5.52. The van der Waals surface area contributed by atoms with Gasteiger partial charge < -0.3 is 10.6 Å². The van der Waals surface area contributed by atoms with Crippen molar-refractivity contribution in [2.24, 2.45) is 0 Å². The van der Waals surface area contributed by atoms with Crippen molar-refractivity contribution in [2.75, 3.05) is 12.3 Å². The van der Waals surface area contributed by atoms with E-state index in [4.69, 9.17) is 5.73 Å². The third-order valence-corrected chi connectivity index (χ3v) is 3.89. The Bertz CT molecular complexity index is 660. The molecule has 2 N–H and O–H groups in total. The van der Waals surface area contributed by atoms with Crippen molar-refractivity contribution in [3.05, 3.63) is 59.7 Å². The number of amides is 1. The molecule has 2 heterocycles. The number of nitrogens with two attached hydrogens (primary N) is 1. The zero-order chi connectivity index (χ0) is 14.8. The normalized spacial score (nSPS) is 18.0. The van der Waals surface area contributed by atoms with Gasteiger partial charge in [-0.1, -0.05) is 6.07 Å². The zero-order valence-electron chi connectivity index (χ0n) is 11.5. The molecule has 1 unspecified atom stereocenters. The second-order valence-electron chi connectivity index (χ2n) is 5.14.